The predicted molar refractivity (Wildman–Crippen MR) is 121 cm³/mol. The van der Waals surface area contributed by atoms with Gasteiger partial charge in [-0.15, -0.1) is 35.3 Å². The molecule has 1 amide bonds. The lowest BCUT2D eigenvalue weighted by molar-refractivity contribution is 0.111. The monoisotopic (exact) mass is 518 g/mol. The zero-order valence-corrected chi connectivity index (χ0v) is 19.1. The lowest BCUT2D eigenvalue weighted by Crippen LogP contribution is -2.50. The fourth-order valence-electron chi connectivity index (χ4n) is 3.00. The zero-order chi connectivity index (χ0) is 18.9. The Balaban J connectivity index is 0.00000280. The fourth-order valence-corrected chi connectivity index (χ4v) is 3.63. The minimum atomic E-state index is -0.253. The number of carbonyl (C=O) groups is 1. The molecule has 0 aliphatic carbocycles. The lowest BCUT2D eigenvalue weighted by Gasteiger charge is -2.32. The molecule has 2 aromatic rings. The number of ether oxygens (including phenoxy) is 1. The SMILES string of the molecule is COC(=O)N1CCC(NC(=NCc2cccs2)NCCc2ccco2)CC1.I. The Morgan fingerprint density at radius 1 is 1.36 bits per heavy atom. The number of guanidine groups is 1. The van der Waals surface area contributed by atoms with Crippen LogP contribution >= 0.6 is 35.3 Å². The highest BCUT2D eigenvalue weighted by molar-refractivity contribution is 14.0. The number of halogens is 1. The molecule has 3 heterocycles. The van der Waals surface area contributed by atoms with Crippen molar-refractivity contribution >= 4 is 47.4 Å². The molecule has 1 fully saturated rings. The quantitative estimate of drug-likeness (QED) is 0.348. The first-order chi connectivity index (χ1) is 13.2. The molecule has 0 atom stereocenters. The summed E-state index contributed by atoms with van der Waals surface area (Å²) in [7, 11) is 1.42. The highest BCUT2D eigenvalue weighted by Crippen LogP contribution is 2.12. The molecule has 3 rings (SSSR count). The molecular weight excluding hydrogens is 491 g/mol. The first-order valence-electron chi connectivity index (χ1n) is 9.17. The van der Waals surface area contributed by atoms with Crippen LogP contribution in [0, 0.1) is 0 Å². The first-order valence-corrected chi connectivity index (χ1v) is 10.0. The van der Waals surface area contributed by atoms with Gasteiger partial charge in [-0.1, -0.05) is 6.07 Å². The number of nitrogens with zero attached hydrogens (tertiary/aromatic N) is 2. The van der Waals surface area contributed by atoms with E-state index < -0.39 is 0 Å². The van der Waals surface area contributed by atoms with Crippen molar-refractivity contribution in [1.29, 1.82) is 0 Å². The molecule has 9 heteroatoms. The summed E-state index contributed by atoms with van der Waals surface area (Å²) in [6.07, 6.45) is 3.97. The van der Waals surface area contributed by atoms with E-state index in [0.29, 0.717) is 19.6 Å². The van der Waals surface area contributed by atoms with Gasteiger partial charge in [0.1, 0.15) is 5.76 Å². The Hall–Kier alpha value is -1.75. The molecule has 2 N–H and O–H groups in total. The van der Waals surface area contributed by atoms with Gasteiger partial charge in [0, 0.05) is 37.0 Å². The Morgan fingerprint density at radius 2 is 2.18 bits per heavy atom. The molecule has 0 aromatic carbocycles. The average Bonchev–Trinajstić information content (AvgIpc) is 3.40. The minimum absolute atomic E-state index is 0. The van der Waals surface area contributed by atoms with E-state index in [9.17, 15) is 4.79 Å². The number of aliphatic imine (C=N–C) groups is 1. The van der Waals surface area contributed by atoms with E-state index in [0.717, 1.165) is 37.5 Å². The molecule has 154 valence electrons. The average molecular weight is 518 g/mol. The summed E-state index contributed by atoms with van der Waals surface area (Å²) in [6.45, 7) is 2.77. The molecule has 0 bridgehead atoms. The third kappa shape index (κ3) is 7.01. The van der Waals surface area contributed by atoms with Crippen molar-refractivity contribution < 1.29 is 13.9 Å². The molecule has 0 unspecified atom stereocenters. The topological polar surface area (TPSA) is 79.1 Å². The Morgan fingerprint density at radius 3 is 2.82 bits per heavy atom. The predicted octanol–water partition coefficient (Wildman–Crippen LogP) is 3.47. The molecule has 1 aliphatic heterocycles. The van der Waals surface area contributed by atoms with Gasteiger partial charge in [-0.2, -0.15) is 0 Å². The third-order valence-corrected chi connectivity index (χ3v) is 5.35. The molecule has 0 saturated carbocycles. The van der Waals surface area contributed by atoms with Gasteiger partial charge in [0.15, 0.2) is 5.96 Å². The van der Waals surface area contributed by atoms with Crippen LogP contribution in [0.15, 0.2) is 45.3 Å². The van der Waals surface area contributed by atoms with Gasteiger partial charge in [0.25, 0.3) is 0 Å². The Labute approximate surface area is 186 Å². The fraction of sp³-hybridized carbons (Fsp3) is 0.474. The summed E-state index contributed by atoms with van der Waals surface area (Å²) >= 11 is 1.70. The number of piperidine rings is 1. The number of hydrogen-bond acceptors (Lipinski definition) is 5. The van der Waals surface area contributed by atoms with Crippen LogP contribution in [0.25, 0.3) is 0 Å². The lowest BCUT2D eigenvalue weighted by atomic mass is 10.1. The van der Waals surface area contributed by atoms with Gasteiger partial charge in [0.2, 0.25) is 0 Å². The summed E-state index contributed by atoms with van der Waals surface area (Å²) in [5.74, 6) is 1.75. The Kier molecular flexibility index (Phi) is 9.62. The molecule has 7 nitrogen and oxygen atoms in total. The second-order valence-corrected chi connectivity index (χ2v) is 7.41. The minimum Gasteiger partial charge on any atom is -0.469 e. The third-order valence-electron chi connectivity index (χ3n) is 4.49. The summed E-state index contributed by atoms with van der Waals surface area (Å²) in [6, 6.07) is 8.28. The van der Waals surface area contributed by atoms with Crippen molar-refractivity contribution in [2.45, 2.75) is 31.8 Å². The smallest absolute Gasteiger partial charge is 0.409 e. The molecule has 0 radical (unpaired) electrons. The van der Waals surface area contributed by atoms with Crippen LogP contribution in [0.3, 0.4) is 0 Å². The van der Waals surface area contributed by atoms with Gasteiger partial charge in [-0.3, -0.25) is 0 Å². The maximum absolute atomic E-state index is 11.6. The van der Waals surface area contributed by atoms with Crippen LogP contribution in [0.4, 0.5) is 4.79 Å². The molecular formula is C19H27IN4O3S. The highest BCUT2D eigenvalue weighted by Gasteiger charge is 2.23. The number of thiophene rings is 1. The summed E-state index contributed by atoms with van der Waals surface area (Å²) in [5.41, 5.74) is 0. The largest absolute Gasteiger partial charge is 0.469 e. The molecule has 0 spiro atoms. The number of carbonyl (C=O) groups excluding carboxylic acids is 1. The van der Waals surface area contributed by atoms with Gasteiger partial charge in [0.05, 0.1) is 19.9 Å². The number of amides is 1. The normalized spacial score (nSPS) is 15.0. The molecule has 28 heavy (non-hydrogen) atoms. The van der Waals surface area contributed by atoms with E-state index in [1.165, 1.54) is 12.0 Å². The maximum atomic E-state index is 11.6. The standard InChI is InChI=1S/C19H26N4O3S.HI/c1-25-19(24)23-10-7-15(8-11-23)22-18(21-14-17-5-3-13-27-17)20-9-6-16-4-2-12-26-16;/h2-5,12-13,15H,6-11,14H2,1H3,(H2,20,21,22);1H. The molecule has 2 aromatic heterocycles. The number of methoxy groups -OCH3 is 1. The zero-order valence-electron chi connectivity index (χ0n) is 15.9. The van der Waals surface area contributed by atoms with Crippen molar-refractivity contribution in [2.24, 2.45) is 4.99 Å². The van der Waals surface area contributed by atoms with Crippen LogP contribution in [0.2, 0.25) is 0 Å². The van der Waals surface area contributed by atoms with Crippen molar-refractivity contribution in [3.63, 3.8) is 0 Å². The number of furan rings is 1. The first kappa shape index (κ1) is 22.5. The summed E-state index contributed by atoms with van der Waals surface area (Å²) in [5, 5.41) is 8.96. The van der Waals surface area contributed by atoms with Crippen molar-refractivity contribution in [2.75, 3.05) is 26.7 Å². The van der Waals surface area contributed by atoms with Crippen LogP contribution in [0.1, 0.15) is 23.5 Å². The second kappa shape index (κ2) is 11.9. The highest BCUT2D eigenvalue weighted by atomic mass is 127. The van der Waals surface area contributed by atoms with E-state index in [2.05, 4.69) is 22.1 Å². The number of hydrogen-bond donors (Lipinski definition) is 2. The van der Waals surface area contributed by atoms with Crippen LogP contribution in [-0.2, 0) is 17.7 Å². The van der Waals surface area contributed by atoms with Gasteiger partial charge >= 0.3 is 6.09 Å². The van der Waals surface area contributed by atoms with Crippen LogP contribution in [0.5, 0.6) is 0 Å². The van der Waals surface area contributed by atoms with Crippen LogP contribution < -0.4 is 10.6 Å². The van der Waals surface area contributed by atoms with E-state index in [1.54, 1.807) is 22.5 Å². The van der Waals surface area contributed by atoms with Crippen molar-refractivity contribution in [1.82, 2.24) is 15.5 Å². The van der Waals surface area contributed by atoms with E-state index in [-0.39, 0.29) is 36.1 Å². The molecule has 1 saturated heterocycles. The van der Waals surface area contributed by atoms with Gasteiger partial charge in [-0.25, -0.2) is 9.79 Å². The summed E-state index contributed by atoms with van der Waals surface area (Å²) < 4.78 is 10.2. The maximum Gasteiger partial charge on any atom is 0.409 e. The van der Waals surface area contributed by atoms with E-state index in [4.69, 9.17) is 14.1 Å². The Bertz CT molecular complexity index is 714. The number of rotatable bonds is 6. The van der Waals surface area contributed by atoms with Crippen molar-refractivity contribution in [3.05, 3.63) is 46.5 Å². The van der Waals surface area contributed by atoms with Gasteiger partial charge < -0.3 is 24.7 Å². The molecule has 1 aliphatic rings. The number of nitrogens with one attached hydrogen (secondary N) is 2. The van der Waals surface area contributed by atoms with E-state index >= 15 is 0 Å². The summed E-state index contributed by atoms with van der Waals surface area (Å²) in [4.78, 5) is 19.3. The second-order valence-electron chi connectivity index (χ2n) is 6.38. The van der Waals surface area contributed by atoms with Crippen LogP contribution in [-0.4, -0.2) is 49.7 Å². The van der Waals surface area contributed by atoms with Crippen molar-refractivity contribution in [3.8, 4) is 0 Å². The number of likely N-dealkylation sites (tertiary alicyclic amines) is 1. The van der Waals surface area contributed by atoms with E-state index in [1.807, 2.05) is 18.2 Å². The van der Waals surface area contributed by atoms with Gasteiger partial charge in [-0.05, 0) is 36.4 Å².